The van der Waals surface area contributed by atoms with E-state index >= 15 is 0 Å². The number of ether oxygens (including phenoxy) is 2. The van der Waals surface area contributed by atoms with Gasteiger partial charge in [0.2, 0.25) is 0 Å². The summed E-state index contributed by atoms with van der Waals surface area (Å²) in [7, 11) is 1.71. The van der Waals surface area contributed by atoms with Crippen molar-refractivity contribution in [3.63, 3.8) is 0 Å². The van der Waals surface area contributed by atoms with Crippen molar-refractivity contribution in [2.24, 2.45) is 5.92 Å². The van der Waals surface area contributed by atoms with E-state index in [2.05, 4.69) is 24.3 Å². The summed E-state index contributed by atoms with van der Waals surface area (Å²) in [5, 5.41) is 10.3. The molecule has 0 amide bonds. The van der Waals surface area contributed by atoms with Gasteiger partial charge in [-0.05, 0) is 38.2 Å². The predicted octanol–water partition coefficient (Wildman–Crippen LogP) is 2.81. The standard InChI is InChI=1S/C17H26O3/c1-13-12-16(18)15(10-11-19-2)17(20-13)9-8-14-6-4-3-5-7-14/h3-7,13,15-18H,8-12H2,1-2H3/t13-,15-,16+,17+/m1/s1. The van der Waals surface area contributed by atoms with E-state index in [0.717, 1.165) is 25.7 Å². The summed E-state index contributed by atoms with van der Waals surface area (Å²) in [4.78, 5) is 0. The van der Waals surface area contributed by atoms with E-state index in [9.17, 15) is 5.11 Å². The minimum absolute atomic E-state index is 0.129. The number of aliphatic hydroxyl groups is 1. The lowest BCUT2D eigenvalue weighted by Crippen LogP contribution is -2.44. The molecule has 4 atom stereocenters. The van der Waals surface area contributed by atoms with Crippen LogP contribution in [0.2, 0.25) is 0 Å². The van der Waals surface area contributed by atoms with Crippen molar-refractivity contribution in [3.05, 3.63) is 35.9 Å². The van der Waals surface area contributed by atoms with E-state index in [-0.39, 0.29) is 24.2 Å². The number of hydrogen-bond acceptors (Lipinski definition) is 3. The molecule has 0 radical (unpaired) electrons. The van der Waals surface area contributed by atoms with Gasteiger partial charge in [0.25, 0.3) is 0 Å². The highest BCUT2D eigenvalue weighted by atomic mass is 16.5. The quantitative estimate of drug-likeness (QED) is 0.869. The SMILES string of the molecule is COCC[C@H]1[C@H](CCc2ccccc2)O[C@H](C)C[C@@H]1O. The zero-order chi connectivity index (χ0) is 14.4. The number of rotatable bonds is 6. The van der Waals surface area contributed by atoms with Gasteiger partial charge in [-0.2, -0.15) is 0 Å². The molecular weight excluding hydrogens is 252 g/mol. The van der Waals surface area contributed by atoms with E-state index in [0.29, 0.717) is 6.61 Å². The third kappa shape index (κ3) is 4.30. The van der Waals surface area contributed by atoms with E-state index in [1.54, 1.807) is 7.11 Å². The monoisotopic (exact) mass is 278 g/mol. The van der Waals surface area contributed by atoms with Crippen molar-refractivity contribution >= 4 is 0 Å². The molecule has 0 unspecified atom stereocenters. The Kier molecular flexibility index (Phi) is 6.02. The zero-order valence-electron chi connectivity index (χ0n) is 12.5. The molecule has 0 bridgehead atoms. The Morgan fingerprint density at radius 3 is 2.70 bits per heavy atom. The highest BCUT2D eigenvalue weighted by Gasteiger charge is 2.35. The number of methoxy groups -OCH3 is 1. The summed E-state index contributed by atoms with van der Waals surface area (Å²) >= 11 is 0. The first-order valence-corrected chi connectivity index (χ1v) is 7.57. The molecule has 112 valence electrons. The summed E-state index contributed by atoms with van der Waals surface area (Å²) in [6, 6.07) is 10.5. The third-order valence-corrected chi connectivity index (χ3v) is 4.17. The number of benzene rings is 1. The van der Waals surface area contributed by atoms with E-state index in [4.69, 9.17) is 9.47 Å². The Hall–Kier alpha value is -0.900. The Bertz CT molecular complexity index is 379. The molecular formula is C17H26O3. The predicted molar refractivity (Wildman–Crippen MR) is 79.7 cm³/mol. The first-order chi connectivity index (χ1) is 9.70. The van der Waals surface area contributed by atoms with Crippen molar-refractivity contribution in [1.29, 1.82) is 0 Å². The van der Waals surface area contributed by atoms with E-state index < -0.39 is 0 Å². The lowest BCUT2D eigenvalue weighted by molar-refractivity contribution is -0.136. The van der Waals surface area contributed by atoms with Crippen LogP contribution in [0.4, 0.5) is 0 Å². The Morgan fingerprint density at radius 1 is 1.25 bits per heavy atom. The average Bonchev–Trinajstić information content (AvgIpc) is 2.45. The molecule has 1 N–H and O–H groups in total. The van der Waals surface area contributed by atoms with Crippen molar-refractivity contribution in [3.8, 4) is 0 Å². The summed E-state index contributed by atoms with van der Waals surface area (Å²) in [5.41, 5.74) is 1.33. The van der Waals surface area contributed by atoms with Crippen molar-refractivity contribution in [1.82, 2.24) is 0 Å². The van der Waals surface area contributed by atoms with Crippen LogP contribution in [0.15, 0.2) is 30.3 Å². The van der Waals surface area contributed by atoms with Gasteiger partial charge in [-0.3, -0.25) is 0 Å². The number of aryl methyl sites for hydroxylation is 1. The largest absolute Gasteiger partial charge is 0.393 e. The van der Waals surface area contributed by atoms with Crippen molar-refractivity contribution in [2.75, 3.05) is 13.7 Å². The molecule has 0 aliphatic carbocycles. The first kappa shape index (κ1) is 15.5. The highest BCUT2D eigenvalue weighted by molar-refractivity contribution is 5.14. The normalized spacial score (nSPS) is 30.4. The van der Waals surface area contributed by atoms with Crippen LogP contribution in [0.1, 0.15) is 31.7 Å². The van der Waals surface area contributed by atoms with Crippen molar-refractivity contribution < 1.29 is 14.6 Å². The van der Waals surface area contributed by atoms with Gasteiger partial charge >= 0.3 is 0 Å². The van der Waals surface area contributed by atoms with Crippen LogP contribution < -0.4 is 0 Å². The Balaban J connectivity index is 1.94. The molecule has 1 aliphatic rings. The molecule has 0 aromatic heterocycles. The Morgan fingerprint density at radius 2 is 2.00 bits per heavy atom. The van der Waals surface area contributed by atoms with Crippen molar-refractivity contribution in [2.45, 2.75) is 50.9 Å². The van der Waals surface area contributed by atoms with Crippen LogP contribution in [-0.4, -0.2) is 37.1 Å². The molecule has 3 heteroatoms. The van der Waals surface area contributed by atoms with Gasteiger partial charge in [0.15, 0.2) is 0 Å². The average molecular weight is 278 g/mol. The molecule has 20 heavy (non-hydrogen) atoms. The zero-order valence-corrected chi connectivity index (χ0v) is 12.5. The second-order valence-electron chi connectivity index (χ2n) is 5.76. The molecule has 1 aromatic rings. The highest BCUT2D eigenvalue weighted by Crippen LogP contribution is 2.30. The van der Waals surface area contributed by atoms with Crippen LogP contribution in [0.3, 0.4) is 0 Å². The van der Waals surface area contributed by atoms with Gasteiger partial charge in [0.1, 0.15) is 0 Å². The molecule has 0 saturated carbocycles. The molecule has 0 spiro atoms. The van der Waals surface area contributed by atoms with Gasteiger partial charge in [0.05, 0.1) is 18.3 Å². The van der Waals surface area contributed by atoms with Gasteiger partial charge < -0.3 is 14.6 Å². The second kappa shape index (κ2) is 7.77. The summed E-state index contributed by atoms with van der Waals surface area (Å²) < 4.78 is 11.2. The lowest BCUT2D eigenvalue weighted by atomic mass is 9.84. The van der Waals surface area contributed by atoms with Crippen LogP contribution in [0.25, 0.3) is 0 Å². The van der Waals surface area contributed by atoms with E-state index in [1.807, 2.05) is 13.0 Å². The van der Waals surface area contributed by atoms with Gasteiger partial charge in [0, 0.05) is 19.6 Å². The van der Waals surface area contributed by atoms with Gasteiger partial charge in [-0.25, -0.2) is 0 Å². The molecule has 1 aliphatic heterocycles. The fraction of sp³-hybridized carbons (Fsp3) is 0.647. The second-order valence-corrected chi connectivity index (χ2v) is 5.76. The fourth-order valence-corrected chi connectivity index (χ4v) is 3.09. The number of hydrogen-bond donors (Lipinski definition) is 1. The lowest BCUT2D eigenvalue weighted by Gasteiger charge is -2.39. The topological polar surface area (TPSA) is 38.7 Å². The van der Waals surface area contributed by atoms with Crippen LogP contribution in [-0.2, 0) is 15.9 Å². The maximum atomic E-state index is 10.3. The maximum absolute atomic E-state index is 10.3. The summed E-state index contributed by atoms with van der Waals surface area (Å²) in [6.07, 6.45) is 3.55. The smallest absolute Gasteiger partial charge is 0.0635 e. The fourth-order valence-electron chi connectivity index (χ4n) is 3.09. The maximum Gasteiger partial charge on any atom is 0.0635 e. The van der Waals surface area contributed by atoms with Crippen LogP contribution in [0.5, 0.6) is 0 Å². The minimum Gasteiger partial charge on any atom is -0.393 e. The molecule has 3 nitrogen and oxygen atoms in total. The summed E-state index contributed by atoms with van der Waals surface area (Å²) in [5.74, 6) is 0.190. The number of aliphatic hydroxyl groups excluding tert-OH is 1. The van der Waals surface area contributed by atoms with E-state index in [1.165, 1.54) is 5.56 Å². The van der Waals surface area contributed by atoms with Crippen LogP contribution >= 0.6 is 0 Å². The molecule has 2 rings (SSSR count). The summed E-state index contributed by atoms with van der Waals surface area (Å²) in [6.45, 7) is 2.73. The van der Waals surface area contributed by atoms with Gasteiger partial charge in [-0.1, -0.05) is 30.3 Å². The molecule has 1 fully saturated rings. The molecule has 1 aromatic carbocycles. The first-order valence-electron chi connectivity index (χ1n) is 7.57. The third-order valence-electron chi connectivity index (χ3n) is 4.17. The molecule has 1 heterocycles. The van der Waals surface area contributed by atoms with Crippen LogP contribution in [0, 0.1) is 5.92 Å². The van der Waals surface area contributed by atoms with Gasteiger partial charge in [-0.15, -0.1) is 0 Å². The molecule has 1 saturated heterocycles. The Labute approximate surface area is 121 Å². The minimum atomic E-state index is -0.269.